The third-order valence-corrected chi connectivity index (χ3v) is 4.10. The van der Waals surface area contributed by atoms with Gasteiger partial charge in [0.25, 0.3) is 0 Å². The lowest BCUT2D eigenvalue weighted by molar-refractivity contribution is -0.0584. The molecule has 0 spiro atoms. The first-order valence-corrected chi connectivity index (χ1v) is 8.12. The molecule has 1 fully saturated rings. The topological polar surface area (TPSA) is 70.0 Å². The molecule has 1 aliphatic rings. The molecule has 23 heavy (non-hydrogen) atoms. The van der Waals surface area contributed by atoms with Crippen LogP contribution in [0, 0.1) is 0 Å². The van der Waals surface area contributed by atoms with E-state index in [1.807, 2.05) is 51.1 Å². The van der Waals surface area contributed by atoms with Crippen molar-refractivity contribution in [1.82, 2.24) is 4.90 Å². The second kappa shape index (κ2) is 6.89. The van der Waals surface area contributed by atoms with Crippen LogP contribution in [0.4, 0.5) is 4.79 Å². The normalized spacial score (nSPS) is 19.3. The first kappa shape index (κ1) is 17.8. The van der Waals surface area contributed by atoms with E-state index in [1.54, 1.807) is 4.90 Å². The number of piperidine rings is 1. The standard InChI is InChI=1S/C18H27NO4/c1-17(2,3)23-16(21)19-11-9-18(22,10-12-19)13-15(20)14-7-5-4-6-8-14/h4-8,15,20,22H,9-13H2,1-3H3. The highest BCUT2D eigenvalue weighted by Crippen LogP contribution is 2.32. The van der Waals surface area contributed by atoms with Crippen LogP contribution in [0.3, 0.4) is 0 Å². The summed E-state index contributed by atoms with van der Waals surface area (Å²) in [6.45, 7) is 6.38. The van der Waals surface area contributed by atoms with E-state index in [-0.39, 0.29) is 12.5 Å². The molecule has 2 rings (SSSR count). The second-order valence-corrected chi connectivity index (χ2v) is 7.32. The third-order valence-electron chi connectivity index (χ3n) is 4.10. The van der Waals surface area contributed by atoms with Gasteiger partial charge in [-0.25, -0.2) is 4.79 Å². The molecule has 1 heterocycles. The van der Waals surface area contributed by atoms with E-state index in [4.69, 9.17) is 4.74 Å². The quantitative estimate of drug-likeness (QED) is 0.898. The summed E-state index contributed by atoms with van der Waals surface area (Å²) in [7, 11) is 0. The molecular formula is C18H27NO4. The number of nitrogens with zero attached hydrogens (tertiary/aromatic N) is 1. The zero-order valence-corrected chi connectivity index (χ0v) is 14.2. The molecule has 128 valence electrons. The van der Waals surface area contributed by atoms with Crippen LogP contribution in [0.2, 0.25) is 0 Å². The number of rotatable bonds is 3. The fraction of sp³-hybridized carbons (Fsp3) is 0.611. The van der Waals surface area contributed by atoms with Crippen molar-refractivity contribution in [3.63, 3.8) is 0 Å². The van der Waals surface area contributed by atoms with Crippen molar-refractivity contribution in [2.75, 3.05) is 13.1 Å². The molecule has 1 amide bonds. The molecule has 5 heteroatoms. The van der Waals surface area contributed by atoms with E-state index >= 15 is 0 Å². The van der Waals surface area contributed by atoms with Crippen LogP contribution in [0.25, 0.3) is 0 Å². The van der Waals surface area contributed by atoms with Gasteiger partial charge in [0.1, 0.15) is 5.60 Å². The minimum Gasteiger partial charge on any atom is -0.444 e. The van der Waals surface area contributed by atoms with E-state index in [2.05, 4.69) is 0 Å². The van der Waals surface area contributed by atoms with Crippen LogP contribution in [0.1, 0.15) is 51.7 Å². The summed E-state index contributed by atoms with van der Waals surface area (Å²) in [5.41, 5.74) is -0.669. The highest BCUT2D eigenvalue weighted by atomic mass is 16.6. The van der Waals surface area contributed by atoms with Crippen molar-refractivity contribution in [3.05, 3.63) is 35.9 Å². The molecule has 1 atom stereocenters. The van der Waals surface area contributed by atoms with Gasteiger partial charge in [-0.3, -0.25) is 0 Å². The van der Waals surface area contributed by atoms with Crippen molar-refractivity contribution in [2.24, 2.45) is 0 Å². The second-order valence-electron chi connectivity index (χ2n) is 7.32. The molecule has 0 aliphatic carbocycles. The maximum atomic E-state index is 12.0. The minimum absolute atomic E-state index is 0.277. The zero-order chi connectivity index (χ0) is 17.1. The molecule has 1 saturated heterocycles. The SMILES string of the molecule is CC(C)(C)OC(=O)N1CCC(O)(CC(O)c2ccccc2)CC1. The maximum absolute atomic E-state index is 12.0. The summed E-state index contributed by atoms with van der Waals surface area (Å²) in [6.07, 6.45) is 0.114. The Morgan fingerprint density at radius 3 is 2.35 bits per heavy atom. The smallest absolute Gasteiger partial charge is 0.410 e. The summed E-state index contributed by atoms with van der Waals surface area (Å²) in [4.78, 5) is 13.7. The van der Waals surface area contributed by atoms with Gasteiger partial charge in [-0.2, -0.15) is 0 Å². The third kappa shape index (κ3) is 5.22. The number of carbonyl (C=O) groups excluding carboxylic acids is 1. The lowest BCUT2D eigenvalue weighted by Crippen LogP contribution is -2.48. The van der Waals surface area contributed by atoms with Crippen molar-refractivity contribution in [3.8, 4) is 0 Å². The Hall–Kier alpha value is -1.59. The van der Waals surface area contributed by atoms with Gasteiger partial charge in [0.05, 0.1) is 11.7 Å². The van der Waals surface area contributed by atoms with Gasteiger partial charge in [-0.15, -0.1) is 0 Å². The molecule has 1 aromatic rings. The van der Waals surface area contributed by atoms with Crippen molar-refractivity contribution >= 4 is 6.09 Å². The number of benzene rings is 1. The number of hydrogen-bond acceptors (Lipinski definition) is 4. The van der Waals surface area contributed by atoms with E-state index < -0.39 is 17.3 Å². The lowest BCUT2D eigenvalue weighted by atomic mass is 9.84. The molecular weight excluding hydrogens is 294 g/mol. The highest BCUT2D eigenvalue weighted by Gasteiger charge is 2.37. The van der Waals surface area contributed by atoms with Gasteiger partial charge in [0.15, 0.2) is 0 Å². The van der Waals surface area contributed by atoms with Gasteiger partial charge >= 0.3 is 6.09 Å². The van der Waals surface area contributed by atoms with Crippen LogP contribution in [0.5, 0.6) is 0 Å². The molecule has 0 aromatic heterocycles. The van der Waals surface area contributed by atoms with E-state index in [1.165, 1.54) is 0 Å². The fourth-order valence-corrected chi connectivity index (χ4v) is 2.79. The van der Waals surface area contributed by atoms with Crippen LogP contribution >= 0.6 is 0 Å². The summed E-state index contributed by atoms with van der Waals surface area (Å²) in [5.74, 6) is 0. The van der Waals surface area contributed by atoms with Crippen molar-refractivity contribution in [1.29, 1.82) is 0 Å². The predicted octanol–water partition coefficient (Wildman–Crippen LogP) is 2.87. The Kier molecular flexibility index (Phi) is 5.32. The number of ether oxygens (including phenoxy) is 1. The maximum Gasteiger partial charge on any atom is 0.410 e. The Labute approximate surface area is 137 Å². The van der Waals surface area contributed by atoms with E-state index in [0.29, 0.717) is 25.9 Å². The number of aliphatic hydroxyl groups is 2. The summed E-state index contributed by atoms with van der Waals surface area (Å²) >= 11 is 0. The molecule has 0 saturated carbocycles. The molecule has 0 radical (unpaired) electrons. The zero-order valence-electron chi connectivity index (χ0n) is 14.2. The van der Waals surface area contributed by atoms with Crippen molar-refractivity contribution in [2.45, 2.75) is 57.3 Å². The number of aliphatic hydroxyl groups excluding tert-OH is 1. The number of carbonyl (C=O) groups is 1. The van der Waals surface area contributed by atoms with Crippen LogP contribution in [-0.2, 0) is 4.74 Å². The van der Waals surface area contributed by atoms with Gasteiger partial charge < -0.3 is 19.8 Å². The monoisotopic (exact) mass is 321 g/mol. The Bertz CT molecular complexity index is 516. The first-order valence-electron chi connectivity index (χ1n) is 8.12. The van der Waals surface area contributed by atoms with Crippen LogP contribution in [-0.4, -0.2) is 45.5 Å². The fourth-order valence-electron chi connectivity index (χ4n) is 2.79. The van der Waals surface area contributed by atoms with Gasteiger partial charge in [-0.05, 0) is 39.2 Å². The number of hydrogen-bond donors (Lipinski definition) is 2. The number of likely N-dealkylation sites (tertiary alicyclic amines) is 1. The predicted molar refractivity (Wildman–Crippen MR) is 88.0 cm³/mol. The minimum atomic E-state index is -0.951. The van der Waals surface area contributed by atoms with Gasteiger partial charge in [0.2, 0.25) is 0 Å². The van der Waals surface area contributed by atoms with Crippen LogP contribution < -0.4 is 0 Å². The lowest BCUT2D eigenvalue weighted by Gasteiger charge is -2.39. The molecule has 1 unspecified atom stereocenters. The summed E-state index contributed by atoms with van der Waals surface area (Å²) in [6, 6.07) is 9.33. The largest absolute Gasteiger partial charge is 0.444 e. The van der Waals surface area contributed by atoms with E-state index in [0.717, 1.165) is 5.56 Å². The molecule has 2 N–H and O–H groups in total. The molecule has 0 bridgehead atoms. The summed E-state index contributed by atoms with van der Waals surface area (Å²) in [5, 5.41) is 21.0. The summed E-state index contributed by atoms with van der Waals surface area (Å²) < 4.78 is 5.35. The molecule has 1 aromatic carbocycles. The average molecular weight is 321 g/mol. The van der Waals surface area contributed by atoms with Crippen molar-refractivity contribution < 1.29 is 19.7 Å². The Morgan fingerprint density at radius 2 is 1.83 bits per heavy atom. The van der Waals surface area contributed by atoms with Gasteiger partial charge in [0, 0.05) is 19.5 Å². The Morgan fingerprint density at radius 1 is 1.26 bits per heavy atom. The van der Waals surface area contributed by atoms with E-state index in [9.17, 15) is 15.0 Å². The van der Waals surface area contributed by atoms with Gasteiger partial charge in [-0.1, -0.05) is 30.3 Å². The molecule has 5 nitrogen and oxygen atoms in total. The van der Waals surface area contributed by atoms with Crippen LogP contribution in [0.15, 0.2) is 30.3 Å². The first-order chi connectivity index (χ1) is 10.7. The molecule has 1 aliphatic heterocycles. The highest BCUT2D eigenvalue weighted by molar-refractivity contribution is 5.68. The Balaban J connectivity index is 1.88. The number of amides is 1. The average Bonchev–Trinajstić information content (AvgIpc) is 2.46.